The predicted octanol–water partition coefficient (Wildman–Crippen LogP) is -0.413. The van der Waals surface area contributed by atoms with Gasteiger partial charge in [-0.2, -0.15) is 5.10 Å². The fourth-order valence-electron chi connectivity index (χ4n) is 2.06. The molecule has 1 fully saturated rings. The number of hydrogen-bond donors (Lipinski definition) is 2. The van der Waals surface area contributed by atoms with Crippen molar-refractivity contribution >= 4 is 5.91 Å². The summed E-state index contributed by atoms with van der Waals surface area (Å²) in [5, 5.41) is 6.97. The summed E-state index contributed by atoms with van der Waals surface area (Å²) in [4.78, 5) is 12.0. The Morgan fingerprint density at radius 3 is 2.94 bits per heavy atom. The third kappa shape index (κ3) is 3.08. The number of nitrogens with zero attached hydrogens (tertiary/aromatic N) is 2. The fraction of sp³-hybridized carbons (Fsp3) is 0.667. The van der Waals surface area contributed by atoms with Crippen molar-refractivity contribution in [2.75, 3.05) is 19.8 Å². The van der Waals surface area contributed by atoms with E-state index >= 15 is 0 Å². The SMILES string of the molecule is Cn1cc(CCNC(=O)C2(N)CCOCC2)cn1. The molecule has 2 heterocycles. The Morgan fingerprint density at radius 1 is 1.61 bits per heavy atom. The summed E-state index contributed by atoms with van der Waals surface area (Å²) < 4.78 is 6.97. The lowest BCUT2D eigenvalue weighted by molar-refractivity contribution is -0.129. The summed E-state index contributed by atoms with van der Waals surface area (Å²) in [5.41, 5.74) is 6.43. The maximum absolute atomic E-state index is 12.0. The van der Waals surface area contributed by atoms with Crippen molar-refractivity contribution in [2.24, 2.45) is 12.8 Å². The van der Waals surface area contributed by atoms with E-state index < -0.39 is 5.54 Å². The molecule has 0 saturated carbocycles. The lowest BCUT2D eigenvalue weighted by Gasteiger charge is -2.31. The van der Waals surface area contributed by atoms with Crippen LogP contribution in [0.4, 0.5) is 0 Å². The maximum Gasteiger partial charge on any atom is 0.240 e. The number of rotatable bonds is 4. The molecule has 0 aromatic carbocycles. The molecule has 0 spiro atoms. The van der Waals surface area contributed by atoms with E-state index in [4.69, 9.17) is 10.5 Å². The quantitative estimate of drug-likeness (QED) is 0.763. The van der Waals surface area contributed by atoms with Crippen LogP contribution in [0.3, 0.4) is 0 Å². The van der Waals surface area contributed by atoms with E-state index in [0.29, 0.717) is 32.6 Å². The molecule has 1 aliphatic rings. The molecule has 0 atom stereocenters. The largest absolute Gasteiger partial charge is 0.381 e. The van der Waals surface area contributed by atoms with Gasteiger partial charge in [0.05, 0.1) is 11.7 Å². The van der Waals surface area contributed by atoms with Crippen molar-refractivity contribution < 1.29 is 9.53 Å². The number of hydrogen-bond acceptors (Lipinski definition) is 4. The maximum atomic E-state index is 12.0. The Morgan fingerprint density at radius 2 is 2.33 bits per heavy atom. The third-order valence-corrected chi connectivity index (χ3v) is 3.29. The summed E-state index contributed by atoms with van der Waals surface area (Å²) >= 11 is 0. The highest BCUT2D eigenvalue weighted by molar-refractivity contribution is 5.86. The number of amides is 1. The van der Waals surface area contributed by atoms with Gasteiger partial charge >= 0.3 is 0 Å². The van der Waals surface area contributed by atoms with Gasteiger partial charge < -0.3 is 15.8 Å². The number of carbonyl (C=O) groups excluding carboxylic acids is 1. The van der Waals surface area contributed by atoms with E-state index in [1.807, 2.05) is 13.2 Å². The first kappa shape index (κ1) is 13.0. The zero-order valence-electron chi connectivity index (χ0n) is 10.7. The lowest BCUT2D eigenvalue weighted by Crippen LogP contribution is -2.57. The molecule has 1 aromatic heterocycles. The van der Waals surface area contributed by atoms with Crippen LogP contribution in [0.15, 0.2) is 12.4 Å². The van der Waals surface area contributed by atoms with E-state index in [0.717, 1.165) is 12.0 Å². The van der Waals surface area contributed by atoms with E-state index in [9.17, 15) is 4.79 Å². The lowest BCUT2D eigenvalue weighted by atomic mass is 9.90. The van der Waals surface area contributed by atoms with Crippen molar-refractivity contribution in [3.8, 4) is 0 Å². The first-order valence-corrected chi connectivity index (χ1v) is 6.23. The Hall–Kier alpha value is -1.40. The minimum Gasteiger partial charge on any atom is -0.381 e. The molecular weight excluding hydrogens is 232 g/mol. The molecule has 100 valence electrons. The second-order valence-electron chi connectivity index (χ2n) is 4.80. The van der Waals surface area contributed by atoms with Crippen molar-refractivity contribution in [3.05, 3.63) is 18.0 Å². The zero-order valence-corrected chi connectivity index (χ0v) is 10.7. The van der Waals surface area contributed by atoms with Gasteiger partial charge in [-0.3, -0.25) is 9.48 Å². The molecule has 1 aliphatic heterocycles. The average molecular weight is 252 g/mol. The molecule has 1 aromatic rings. The molecule has 6 nitrogen and oxygen atoms in total. The summed E-state index contributed by atoms with van der Waals surface area (Å²) in [6.07, 6.45) is 5.70. The second kappa shape index (κ2) is 5.49. The molecule has 6 heteroatoms. The second-order valence-corrected chi connectivity index (χ2v) is 4.80. The molecule has 0 bridgehead atoms. The monoisotopic (exact) mass is 252 g/mol. The predicted molar refractivity (Wildman–Crippen MR) is 66.9 cm³/mol. The Kier molecular flexibility index (Phi) is 3.98. The average Bonchev–Trinajstić information content (AvgIpc) is 2.76. The van der Waals surface area contributed by atoms with Gasteiger partial charge in [-0.05, 0) is 24.8 Å². The van der Waals surface area contributed by atoms with Crippen LogP contribution < -0.4 is 11.1 Å². The van der Waals surface area contributed by atoms with Crippen LogP contribution in [0.2, 0.25) is 0 Å². The van der Waals surface area contributed by atoms with Crippen LogP contribution in [-0.4, -0.2) is 41.0 Å². The number of aromatic nitrogens is 2. The smallest absolute Gasteiger partial charge is 0.240 e. The highest BCUT2D eigenvalue weighted by Gasteiger charge is 2.35. The van der Waals surface area contributed by atoms with Crippen LogP contribution in [0.5, 0.6) is 0 Å². The number of nitrogens with one attached hydrogen (secondary N) is 1. The highest BCUT2D eigenvalue weighted by atomic mass is 16.5. The van der Waals surface area contributed by atoms with Crippen molar-refractivity contribution in [1.82, 2.24) is 15.1 Å². The van der Waals surface area contributed by atoms with Gasteiger partial charge in [0.2, 0.25) is 5.91 Å². The topological polar surface area (TPSA) is 82.2 Å². The van der Waals surface area contributed by atoms with Crippen molar-refractivity contribution in [3.63, 3.8) is 0 Å². The van der Waals surface area contributed by atoms with E-state index in [2.05, 4.69) is 10.4 Å². The number of carbonyl (C=O) groups is 1. The molecule has 2 rings (SSSR count). The number of ether oxygens (including phenoxy) is 1. The fourth-order valence-corrected chi connectivity index (χ4v) is 2.06. The van der Waals surface area contributed by atoms with E-state index in [-0.39, 0.29) is 5.91 Å². The van der Waals surface area contributed by atoms with Crippen LogP contribution in [0, 0.1) is 0 Å². The summed E-state index contributed by atoms with van der Waals surface area (Å²) in [6.45, 7) is 1.71. The zero-order chi connectivity index (χ0) is 13.0. The molecular formula is C12H20N4O2. The number of nitrogens with two attached hydrogens (primary N) is 1. The minimum atomic E-state index is -0.757. The minimum absolute atomic E-state index is 0.0744. The van der Waals surface area contributed by atoms with Gasteiger partial charge in [0.15, 0.2) is 0 Å². The van der Waals surface area contributed by atoms with Crippen LogP contribution in [-0.2, 0) is 23.0 Å². The van der Waals surface area contributed by atoms with E-state index in [1.54, 1.807) is 10.9 Å². The first-order valence-electron chi connectivity index (χ1n) is 6.23. The highest BCUT2D eigenvalue weighted by Crippen LogP contribution is 2.17. The van der Waals surface area contributed by atoms with Gasteiger partial charge in [-0.1, -0.05) is 0 Å². The van der Waals surface area contributed by atoms with Crippen molar-refractivity contribution in [1.29, 1.82) is 0 Å². The molecule has 3 N–H and O–H groups in total. The normalized spacial score (nSPS) is 18.6. The Bertz CT molecular complexity index is 410. The van der Waals surface area contributed by atoms with Crippen LogP contribution >= 0.6 is 0 Å². The summed E-state index contributed by atoms with van der Waals surface area (Å²) in [7, 11) is 1.87. The Balaban J connectivity index is 1.77. The Labute approximate surface area is 106 Å². The molecule has 1 amide bonds. The molecule has 0 aliphatic carbocycles. The van der Waals surface area contributed by atoms with Crippen LogP contribution in [0.1, 0.15) is 18.4 Å². The third-order valence-electron chi connectivity index (χ3n) is 3.29. The standard InChI is InChI=1S/C12H20N4O2/c1-16-9-10(8-15-16)2-5-14-11(17)12(13)3-6-18-7-4-12/h8-9H,2-7,13H2,1H3,(H,14,17). The summed E-state index contributed by atoms with van der Waals surface area (Å²) in [6, 6.07) is 0. The molecule has 0 unspecified atom stereocenters. The molecule has 0 radical (unpaired) electrons. The van der Waals surface area contributed by atoms with Crippen LogP contribution in [0.25, 0.3) is 0 Å². The molecule has 1 saturated heterocycles. The first-order chi connectivity index (χ1) is 8.60. The van der Waals surface area contributed by atoms with Gasteiger partial charge in [0.1, 0.15) is 0 Å². The molecule has 18 heavy (non-hydrogen) atoms. The van der Waals surface area contributed by atoms with Gasteiger partial charge in [-0.15, -0.1) is 0 Å². The number of aryl methyl sites for hydroxylation is 1. The van der Waals surface area contributed by atoms with E-state index in [1.165, 1.54) is 0 Å². The van der Waals surface area contributed by atoms with Gasteiger partial charge in [0.25, 0.3) is 0 Å². The van der Waals surface area contributed by atoms with Gasteiger partial charge in [0, 0.05) is 33.0 Å². The summed E-state index contributed by atoms with van der Waals surface area (Å²) in [5.74, 6) is -0.0744. The van der Waals surface area contributed by atoms with Crippen molar-refractivity contribution in [2.45, 2.75) is 24.8 Å². The van der Waals surface area contributed by atoms with Gasteiger partial charge in [-0.25, -0.2) is 0 Å².